The van der Waals surface area contributed by atoms with Crippen LogP contribution in [0.1, 0.15) is 46.6 Å². The van der Waals surface area contributed by atoms with Crippen LogP contribution in [0.15, 0.2) is 40.4 Å². The molecule has 0 bridgehead atoms. The average molecular weight is 493 g/mol. The Hall–Kier alpha value is -2.43. The Morgan fingerprint density at radius 2 is 1.71 bits per heavy atom. The van der Waals surface area contributed by atoms with Crippen molar-refractivity contribution in [2.75, 3.05) is 39.3 Å². The molecule has 0 saturated carbocycles. The van der Waals surface area contributed by atoms with Gasteiger partial charge in [0.1, 0.15) is 0 Å². The topological polar surface area (TPSA) is 108 Å². The number of ether oxygens (including phenoxy) is 1. The molecule has 2 heterocycles. The molecule has 1 atom stereocenters. The number of piperazine rings is 1. The van der Waals surface area contributed by atoms with E-state index in [0.717, 1.165) is 5.56 Å². The number of nitrogens with one attached hydrogen (secondary N) is 2. The van der Waals surface area contributed by atoms with Gasteiger partial charge in [0.2, 0.25) is 10.0 Å². The monoisotopic (exact) mass is 492 g/mol. The van der Waals surface area contributed by atoms with E-state index in [4.69, 9.17) is 4.74 Å². The summed E-state index contributed by atoms with van der Waals surface area (Å²) in [4.78, 5) is 27.0. The number of sulfonamides is 1. The normalized spacial score (nSPS) is 20.6. The van der Waals surface area contributed by atoms with E-state index in [1.807, 2.05) is 24.0 Å². The molecule has 1 aromatic carbocycles. The Balaban J connectivity index is 1.71. The van der Waals surface area contributed by atoms with Crippen molar-refractivity contribution >= 4 is 22.0 Å². The van der Waals surface area contributed by atoms with Crippen molar-refractivity contribution < 1.29 is 22.7 Å². The van der Waals surface area contributed by atoms with Crippen molar-refractivity contribution in [3.63, 3.8) is 0 Å². The van der Waals surface area contributed by atoms with Crippen LogP contribution in [0.25, 0.3) is 0 Å². The molecule has 2 aliphatic rings. The lowest BCUT2D eigenvalue weighted by molar-refractivity contribution is -0.139. The van der Waals surface area contributed by atoms with Gasteiger partial charge in [-0.15, -0.1) is 0 Å². The smallest absolute Gasteiger partial charge is 0.337 e. The summed E-state index contributed by atoms with van der Waals surface area (Å²) in [5.41, 5.74) is 1.98. The van der Waals surface area contributed by atoms with Crippen LogP contribution in [0.3, 0.4) is 0 Å². The van der Waals surface area contributed by atoms with Gasteiger partial charge in [-0.1, -0.05) is 39.8 Å². The van der Waals surface area contributed by atoms with Gasteiger partial charge >= 0.3 is 12.0 Å². The third-order valence-electron chi connectivity index (χ3n) is 6.22. The highest BCUT2D eigenvalue weighted by Gasteiger charge is 2.34. The van der Waals surface area contributed by atoms with Crippen molar-refractivity contribution in [1.29, 1.82) is 0 Å². The maximum absolute atomic E-state index is 13.2. The summed E-state index contributed by atoms with van der Waals surface area (Å²) in [6, 6.07) is 6.32. The molecule has 0 unspecified atom stereocenters. The summed E-state index contributed by atoms with van der Waals surface area (Å²) in [5, 5.41) is 5.52. The summed E-state index contributed by atoms with van der Waals surface area (Å²) in [7, 11) is -3.59. The molecule has 0 spiro atoms. The van der Waals surface area contributed by atoms with Gasteiger partial charge in [-0.3, -0.25) is 4.90 Å². The zero-order valence-corrected chi connectivity index (χ0v) is 21.5. The van der Waals surface area contributed by atoms with Crippen LogP contribution in [0.2, 0.25) is 0 Å². The number of carbonyl (C=O) groups is 2. The zero-order chi connectivity index (χ0) is 25.1. The second kappa shape index (κ2) is 10.5. The molecule has 0 aliphatic carbocycles. The molecule has 0 radical (unpaired) electrons. The van der Waals surface area contributed by atoms with Crippen LogP contribution in [0, 0.1) is 0 Å². The first-order valence-electron chi connectivity index (χ1n) is 11.8. The minimum atomic E-state index is -3.59. The number of benzene rings is 1. The largest absolute Gasteiger partial charge is 0.463 e. The fourth-order valence-electron chi connectivity index (χ4n) is 4.21. The fraction of sp³-hybridized carbons (Fsp3) is 0.583. The summed E-state index contributed by atoms with van der Waals surface area (Å²) < 4.78 is 33.0. The number of hydrogen-bond donors (Lipinski definition) is 2. The van der Waals surface area contributed by atoms with Crippen molar-refractivity contribution in [2.45, 2.75) is 57.4 Å². The molecule has 2 amide bonds. The Bertz CT molecular complexity index is 1040. The number of esters is 1. The number of rotatable bonds is 7. The number of urea groups is 1. The molecule has 10 heteroatoms. The maximum Gasteiger partial charge on any atom is 0.337 e. The van der Waals surface area contributed by atoms with Gasteiger partial charge in [0.15, 0.2) is 0 Å². The van der Waals surface area contributed by atoms with Gasteiger partial charge in [-0.25, -0.2) is 18.0 Å². The second-order valence-electron chi connectivity index (χ2n) is 9.63. The van der Waals surface area contributed by atoms with Gasteiger partial charge in [0.25, 0.3) is 0 Å². The highest BCUT2D eigenvalue weighted by atomic mass is 32.2. The second-order valence-corrected chi connectivity index (χ2v) is 11.6. The Labute approximate surface area is 202 Å². The van der Waals surface area contributed by atoms with Crippen LogP contribution in [-0.4, -0.2) is 75.0 Å². The van der Waals surface area contributed by atoms with Crippen LogP contribution < -0.4 is 10.6 Å². The molecule has 2 N–H and O–H groups in total. The molecule has 2 aliphatic heterocycles. The average Bonchev–Trinajstić information content (AvgIpc) is 2.78. The first-order chi connectivity index (χ1) is 16.0. The molecule has 0 aromatic heterocycles. The van der Waals surface area contributed by atoms with Gasteiger partial charge in [0, 0.05) is 38.4 Å². The first kappa shape index (κ1) is 26.2. The highest BCUT2D eigenvalue weighted by molar-refractivity contribution is 7.89. The lowest BCUT2D eigenvalue weighted by Crippen LogP contribution is -2.54. The quantitative estimate of drug-likeness (QED) is 0.565. The molecular formula is C24H36N4O5S. The summed E-state index contributed by atoms with van der Waals surface area (Å²) in [6.45, 7) is 12.1. The Morgan fingerprint density at radius 1 is 1.09 bits per heavy atom. The lowest BCUT2D eigenvalue weighted by atomic mass is 9.87. The van der Waals surface area contributed by atoms with Crippen molar-refractivity contribution in [1.82, 2.24) is 19.8 Å². The predicted molar refractivity (Wildman–Crippen MR) is 130 cm³/mol. The van der Waals surface area contributed by atoms with E-state index in [1.54, 1.807) is 19.1 Å². The van der Waals surface area contributed by atoms with Crippen molar-refractivity contribution in [3.05, 3.63) is 41.1 Å². The summed E-state index contributed by atoms with van der Waals surface area (Å²) in [5.74, 6) is -0.447. The molecule has 1 aromatic rings. The zero-order valence-electron chi connectivity index (χ0n) is 20.7. The fourth-order valence-corrected chi connectivity index (χ4v) is 5.64. The molecule has 1 saturated heterocycles. The van der Waals surface area contributed by atoms with Gasteiger partial charge in [-0.05, 0) is 36.5 Å². The number of hydrogen-bond acceptors (Lipinski definition) is 6. The molecule has 1 fully saturated rings. The lowest BCUT2D eigenvalue weighted by Gasteiger charge is -2.36. The molecular weight excluding hydrogens is 456 g/mol. The predicted octanol–water partition coefficient (Wildman–Crippen LogP) is 2.20. The first-order valence-corrected chi connectivity index (χ1v) is 13.2. The van der Waals surface area contributed by atoms with Crippen molar-refractivity contribution in [2.24, 2.45) is 0 Å². The van der Waals surface area contributed by atoms with E-state index in [0.29, 0.717) is 50.4 Å². The number of carbonyl (C=O) groups excluding carboxylic acids is 2. The van der Waals surface area contributed by atoms with E-state index in [-0.39, 0.29) is 22.9 Å². The minimum Gasteiger partial charge on any atom is -0.463 e. The molecule has 3 rings (SSSR count). The maximum atomic E-state index is 13.2. The highest BCUT2D eigenvalue weighted by Crippen LogP contribution is 2.25. The van der Waals surface area contributed by atoms with Crippen LogP contribution in [0.5, 0.6) is 0 Å². The minimum absolute atomic E-state index is 0.0498. The number of amides is 2. The Morgan fingerprint density at radius 3 is 2.24 bits per heavy atom. The summed E-state index contributed by atoms with van der Waals surface area (Å²) >= 11 is 0. The van der Waals surface area contributed by atoms with E-state index in [1.165, 1.54) is 4.31 Å². The van der Waals surface area contributed by atoms with Crippen LogP contribution >= 0.6 is 0 Å². The summed E-state index contributed by atoms with van der Waals surface area (Å²) in [6.07, 6.45) is 0.561. The molecule has 9 nitrogen and oxygen atoms in total. The van der Waals surface area contributed by atoms with Crippen LogP contribution in [-0.2, 0) is 25.0 Å². The van der Waals surface area contributed by atoms with E-state index in [9.17, 15) is 18.0 Å². The van der Waals surface area contributed by atoms with Crippen molar-refractivity contribution in [3.8, 4) is 0 Å². The standard InChI is InChI=1S/C24H36N4O5S/c1-6-19-21(22(29)33-7-2)20(26-23(30)25-19)16-27-12-14-28(15-13-27)34(31,32)18-10-8-17(9-11-18)24(3,4)5/h8-11,19H,6-7,12-16H2,1-5H3,(H2,25,26,30)/t19-/m1/s1. The van der Waals surface area contributed by atoms with Gasteiger partial charge < -0.3 is 15.4 Å². The third kappa shape index (κ3) is 5.79. The van der Waals surface area contributed by atoms with Crippen LogP contribution in [0.4, 0.5) is 4.79 Å². The third-order valence-corrected chi connectivity index (χ3v) is 8.13. The molecule has 188 valence electrons. The SMILES string of the molecule is CCOC(=O)C1=C(CN2CCN(S(=O)(=O)c3ccc(C(C)(C)C)cc3)CC2)NC(=O)N[C@@H]1CC. The van der Waals surface area contributed by atoms with Gasteiger partial charge in [0.05, 0.1) is 23.1 Å². The number of nitrogens with zero attached hydrogens (tertiary/aromatic N) is 2. The Kier molecular flexibility index (Phi) is 8.05. The van der Waals surface area contributed by atoms with Gasteiger partial charge in [-0.2, -0.15) is 4.31 Å². The van der Waals surface area contributed by atoms with E-state index >= 15 is 0 Å². The van der Waals surface area contributed by atoms with E-state index in [2.05, 4.69) is 31.4 Å². The van der Waals surface area contributed by atoms with E-state index < -0.39 is 22.0 Å². The molecule has 34 heavy (non-hydrogen) atoms.